The standard InChI is InChI=1S/C16H26O2/c1-6-18-16-10-12(4)15(9-13(16)5)14(7-8-17)11(2)3/h9-11,14,17H,6-8H2,1-5H3. The molecule has 1 unspecified atom stereocenters. The van der Waals surface area contributed by atoms with Crippen molar-refractivity contribution in [1.82, 2.24) is 0 Å². The van der Waals surface area contributed by atoms with Crippen molar-refractivity contribution < 1.29 is 9.84 Å². The van der Waals surface area contributed by atoms with Crippen LogP contribution in [0.25, 0.3) is 0 Å². The molecule has 0 fully saturated rings. The molecule has 2 heteroatoms. The van der Waals surface area contributed by atoms with Gasteiger partial charge in [-0.15, -0.1) is 0 Å². The largest absolute Gasteiger partial charge is 0.494 e. The van der Waals surface area contributed by atoms with Gasteiger partial charge in [-0.3, -0.25) is 0 Å². The molecule has 0 saturated heterocycles. The van der Waals surface area contributed by atoms with Crippen molar-refractivity contribution in [2.45, 2.75) is 47.0 Å². The summed E-state index contributed by atoms with van der Waals surface area (Å²) in [5, 5.41) is 9.22. The summed E-state index contributed by atoms with van der Waals surface area (Å²) in [5.74, 6) is 1.93. The normalized spacial score (nSPS) is 12.8. The Hall–Kier alpha value is -1.02. The second-order valence-corrected chi connectivity index (χ2v) is 5.27. The molecule has 1 rings (SSSR count). The summed E-state index contributed by atoms with van der Waals surface area (Å²) < 4.78 is 5.62. The fourth-order valence-corrected chi connectivity index (χ4v) is 2.51. The molecular weight excluding hydrogens is 224 g/mol. The van der Waals surface area contributed by atoms with Gasteiger partial charge in [0.05, 0.1) is 6.61 Å². The minimum Gasteiger partial charge on any atom is -0.494 e. The van der Waals surface area contributed by atoms with E-state index in [1.54, 1.807) is 0 Å². The van der Waals surface area contributed by atoms with Crippen LogP contribution >= 0.6 is 0 Å². The van der Waals surface area contributed by atoms with Crippen LogP contribution in [-0.4, -0.2) is 18.3 Å². The Morgan fingerprint density at radius 1 is 1.17 bits per heavy atom. The maximum absolute atomic E-state index is 9.22. The van der Waals surface area contributed by atoms with Gasteiger partial charge in [-0.1, -0.05) is 19.9 Å². The van der Waals surface area contributed by atoms with Gasteiger partial charge in [0, 0.05) is 6.61 Å². The maximum atomic E-state index is 9.22. The highest BCUT2D eigenvalue weighted by molar-refractivity contribution is 5.43. The van der Waals surface area contributed by atoms with Crippen LogP contribution in [0.4, 0.5) is 0 Å². The van der Waals surface area contributed by atoms with Crippen molar-refractivity contribution in [1.29, 1.82) is 0 Å². The highest BCUT2D eigenvalue weighted by atomic mass is 16.5. The van der Waals surface area contributed by atoms with E-state index >= 15 is 0 Å². The first-order valence-electron chi connectivity index (χ1n) is 6.86. The molecule has 1 N–H and O–H groups in total. The van der Waals surface area contributed by atoms with Crippen LogP contribution < -0.4 is 4.74 Å². The quantitative estimate of drug-likeness (QED) is 0.831. The molecule has 2 nitrogen and oxygen atoms in total. The molecule has 0 amide bonds. The zero-order chi connectivity index (χ0) is 13.7. The molecule has 0 aromatic heterocycles. The Balaban J connectivity index is 3.11. The average molecular weight is 250 g/mol. The highest BCUT2D eigenvalue weighted by Crippen LogP contribution is 2.33. The number of ether oxygens (including phenoxy) is 1. The highest BCUT2D eigenvalue weighted by Gasteiger charge is 2.18. The van der Waals surface area contributed by atoms with Gasteiger partial charge in [-0.2, -0.15) is 0 Å². The molecular formula is C16H26O2. The summed E-state index contributed by atoms with van der Waals surface area (Å²) >= 11 is 0. The summed E-state index contributed by atoms with van der Waals surface area (Å²) in [6.45, 7) is 11.6. The van der Waals surface area contributed by atoms with E-state index in [0.717, 1.165) is 12.2 Å². The predicted octanol–water partition coefficient (Wildman–Crippen LogP) is 3.82. The van der Waals surface area contributed by atoms with Gasteiger partial charge in [0.15, 0.2) is 0 Å². The molecule has 0 aliphatic rings. The number of aryl methyl sites for hydroxylation is 2. The van der Waals surface area contributed by atoms with Gasteiger partial charge in [0.1, 0.15) is 5.75 Å². The van der Waals surface area contributed by atoms with Gasteiger partial charge in [-0.05, 0) is 61.8 Å². The molecule has 1 aromatic carbocycles. The molecule has 0 radical (unpaired) electrons. The smallest absolute Gasteiger partial charge is 0.122 e. The lowest BCUT2D eigenvalue weighted by molar-refractivity contribution is 0.261. The third-order valence-corrected chi connectivity index (χ3v) is 3.51. The number of rotatable bonds is 6. The number of hydrogen-bond acceptors (Lipinski definition) is 2. The molecule has 0 spiro atoms. The lowest BCUT2D eigenvalue weighted by Gasteiger charge is -2.24. The summed E-state index contributed by atoms with van der Waals surface area (Å²) in [5.41, 5.74) is 3.79. The topological polar surface area (TPSA) is 29.5 Å². The third-order valence-electron chi connectivity index (χ3n) is 3.51. The van der Waals surface area contributed by atoms with E-state index in [4.69, 9.17) is 4.74 Å². The summed E-state index contributed by atoms with van der Waals surface area (Å²) in [6, 6.07) is 4.35. The molecule has 1 aromatic rings. The van der Waals surface area contributed by atoms with Crippen LogP contribution in [-0.2, 0) is 0 Å². The van der Waals surface area contributed by atoms with Crippen molar-refractivity contribution >= 4 is 0 Å². The molecule has 0 aliphatic heterocycles. The minimum atomic E-state index is 0.245. The van der Waals surface area contributed by atoms with E-state index in [0.29, 0.717) is 18.4 Å². The molecule has 0 heterocycles. The monoisotopic (exact) mass is 250 g/mol. The Kier molecular flexibility index (Phi) is 5.67. The van der Waals surface area contributed by atoms with Crippen LogP contribution in [0.3, 0.4) is 0 Å². The summed E-state index contributed by atoms with van der Waals surface area (Å²) in [7, 11) is 0. The number of benzene rings is 1. The Morgan fingerprint density at radius 2 is 1.83 bits per heavy atom. The van der Waals surface area contributed by atoms with Gasteiger partial charge < -0.3 is 9.84 Å². The number of aliphatic hydroxyl groups excluding tert-OH is 1. The van der Waals surface area contributed by atoms with Crippen LogP contribution in [0.5, 0.6) is 5.75 Å². The maximum Gasteiger partial charge on any atom is 0.122 e. The summed E-state index contributed by atoms with van der Waals surface area (Å²) in [4.78, 5) is 0. The first-order valence-corrected chi connectivity index (χ1v) is 6.86. The lowest BCUT2D eigenvalue weighted by atomic mass is 9.83. The van der Waals surface area contributed by atoms with Gasteiger partial charge in [0.2, 0.25) is 0 Å². The third kappa shape index (κ3) is 3.49. The molecule has 102 valence electrons. The number of hydrogen-bond donors (Lipinski definition) is 1. The van der Waals surface area contributed by atoms with E-state index in [1.165, 1.54) is 16.7 Å². The average Bonchev–Trinajstić information content (AvgIpc) is 2.31. The Morgan fingerprint density at radius 3 is 2.33 bits per heavy atom. The van der Waals surface area contributed by atoms with Gasteiger partial charge in [-0.25, -0.2) is 0 Å². The Labute approximate surface area is 111 Å². The predicted molar refractivity (Wildman–Crippen MR) is 76.4 cm³/mol. The van der Waals surface area contributed by atoms with E-state index < -0.39 is 0 Å². The first-order chi connectivity index (χ1) is 8.51. The molecule has 0 aliphatic carbocycles. The van der Waals surface area contributed by atoms with Crippen molar-refractivity contribution in [3.8, 4) is 5.75 Å². The fraction of sp³-hybridized carbons (Fsp3) is 0.625. The van der Waals surface area contributed by atoms with Crippen molar-refractivity contribution in [3.63, 3.8) is 0 Å². The van der Waals surface area contributed by atoms with E-state index in [-0.39, 0.29) is 6.61 Å². The minimum absolute atomic E-state index is 0.245. The molecule has 1 atom stereocenters. The molecule has 0 bridgehead atoms. The SMILES string of the molecule is CCOc1cc(C)c(C(CCO)C(C)C)cc1C. The fourth-order valence-electron chi connectivity index (χ4n) is 2.51. The zero-order valence-electron chi connectivity index (χ0n) is 12.3. The van der Waals surface area contributed by atoms with E-state index in [2.05, 4.69) is 39.8 Å². The Bertz CT molecular complexity index is 383. The van der Waals surface area contributed by atoms with Crippen LogP contribution in [0, 0.1) is 19.8 Å². The van der Waals surface area contributed by atoms with E-state index in [9.17, 15) is 5.11 Å². The first kappa shape index (κ1) is 15.0. The van der Waals surface area contributed by atoms with Crippen LogP contribution in [0.1, 0.15) is 49.8 Å². The second-order valence-electron chi connectivity index (χ2n) is 5.27. The lowest BCUT2D eigenvalue weighted by Crippen LogP contribution is -2.11. The zero-order valence-corrected chi connectivity index (χ0v) is 12.3. The van der Waals surface area contributed by atoms with Gasteiger partial charge in [0.25, 0.3) is 0 Å². The second kappa shape index (κ2) is 6.79. The molecule has 0 saturated carbocycles. The van der Waals surface area contributed by atoms with Crippen LogP contribution in [0.15, 0.2) is 12.1 Å². The number of aliphatic hydroxyl groups is 1. The van der Waals surface area contributed by atoms with Crippen molar-refractivity contribution in [2.75, 3.05) is 13.2 Å². The van der Waals surface area contributed by atoms with Gasteiger partial charge >= 0.3 is 0 Å². The van der Waals surface area contributed by atoms with Crippen LogP contribution in [0.2, 0.25) is 0 Å². The van der Waals surface area contributed by atoms with Crippen molar-refractivity contribution in [2.24, 2.45) is 5.92 Å². The summed E-state index contributed by atoms with van der Waals surface area (Å²) in [6.07, 6.45) is 0.825. The van der Waals surface area contributed by atoms with Crippen molar-refractivity contribution in [3.05, 3.63) is 28.8 Å². The van der Waals surface area contributed by atoms with E-state index in [1.807, 2.05) is 6.92 Å². The molecule has 18 heavy (non-hydrogen) atoms.